The molecule has 1 unspecified atom stereocenters. The van der Waals surface area contributed by atoms with Gasteiger partial charge < -0.3 is 15.0 Å². The van der Waals surface area contributed by atoms with E-state index in [9.17, 15) is 8.78 Å². The van der Waals surface area contributed by atoms with E-state index in [1.807, 2.05) is 27.0 Å². The summed E-state index contributed by atoms with van der Waals surface area (Å²) < 4.78 is 33.9. The quantitative estimate of drug-likeness (QED) is 0.160. The molecule has 1 atom stereocenters. The molecule has 0 aliphatic carbocycles. The van der Waals surface area contributed by atoms with Crippen molar-refractivity contribution in [3.63, 3.8) is 0 Å². The fourth-order valence-electron chi connectivity index (χ4n) is 4.57. The van der Waals surface area contributed by atoms with Gasteiger partial charge in [-0.25, -0.2) is 8.78 Å². The number of aryl methyl sites for hydroxylation is 1. The molecule has 42 heavy (non-hydrogen) atoms. The smallest absolute Gasteiger partial charge is 0.130 e. The highest BCUT2D eigenvalue weighted by Gasteiger charge is 2.17. The highest BCUT2D eigenvalue weighted by atomic mass is 19.1. The van der Waals surface area contributed by atoms with Crippen molar-refractivity contribution in [3.05, 3.63) is 95.6 Å². The standard InChI is InChI=1S/C31H40F2N2O.C4H10.C2H6/c1-3-21-35(23-10-12-25-11-9-13-27(24-25)34-2)22-8-4-5-16-31(29-14-6-7-15-30(29)33)36-28-19-17-26(32)18-20-28;1-3-4-2;1-2/h6-7,9,11,13-15,17-20,24,31,34H,3-5,8,10,12,16,21-23H2,1-2H3;3-4H2,1-2H3;1-2H3. The van der Waals surface area contributed by atoms with E-state index in [0.717, 1.165) is 63.8 Å². The monoisotopic (exact) mass is 582 g/mol. The summed E-state index contributed by atoms with van der Waals surface area (Å²) in [6.07, 6.45) is 9.45. The van der Waals surface area contributed by atoms with Gasteiger partial charge in [-0.1, -0.05) is 84.2 Å². The first kappa shape index (κ1) is 37.1. The molecule has 0 radical (unpaired) electrons. The van der Waals surface area contributed by atoms with Crippen LogP contribution in [0, 0.1) is 11.6 Å². The molecule has 0 aliphatic heterocycles. The number of unbranched alkanes of at least 4 members (excludes halogenated alkanes) is 3. The number of hydrogen-bond donors (Lipinski definition) is 1. The first-order chi connectivity index (χ1) is 20.5. The number of hydrogen-bond acceptors (Lipinski definition) is 3. The molecule has 3 rings (SSSR count). The summed E-state index contributed by atoms with van der Waals surface area (Å²) >= 11 is 0. The number of ether oxygens (including phenoxy) is 1. The van der Waals surface area contributed by atoms with Crippen LogP contribution in [0.25, 0.3) is 0 Å². The van der Waals surface area contributed by atoms with Gasteiger partial charge in [0.05, 0.1) is 0 Å². The Balaban J connectivity index is 0.00000135. The maximum Gasteiger partial charge on any atom is 0.130 e. The Morgan fingerprint density at radius 2 is 1.43 bits per heavy atom. The molecule has 0 amide bonds. The Hall–Kier alpha value is -2.92. The van der Waals surface area contributed by atoms with Gasteiger partial charge >= 0.3 is 0 Å². The van der Waals surface area contributed by atoms with Crippen LogP contribution in [-0.2, 0) is 6.42 Å². The second kappa shape index (κ2) is 23.6. The third kappa shape index (κ3) is 15.3. The van der Waals surface area contributed by atoms with Crippen molar-refractivity contribution in [1.82, 2.24) is 4.90 Å². The molecule has 0 bridgehead atoms. The lowest BCUT2D eigenvalue weighted by Crippen LogP contribution is -2.27. The van der Waals surface area contributed by atoms with Crippen molar-refractivity contribution in [1.29, 1.82) is 0 Å². The number of benzene rings is 3. The molecule has 3 aromatic carbocycles. The second-order valence-electron chi connectivity index (χ2n) is 10.3. The number of rotatable bonds is 17. The lowest BCUT2D eigenvalue weighted by atomic mass is 10.0. The van der Waals surface area contributed by atoms with Crippen molar-refractivity contribution in [3.8, 4) is 5.75 Å². The number of anilines is 1. The first-order valence-corrected chi connectivity index (χ1v) is 16.2. The van der Waals surface area contributed by atoms with Crippen molar-refractivity contribution in [2.24, 2.45) is 0 Å². The first-order valence-electron chi connectivity index (χ1n) is 16.2. The van der Waals surface area contributed by atoms with Crippen LogP contribution in [0.4, 0.5) is 14.5 Å². The van der Waals surface area contributed by atoms with E-state index in [-0.39, 0.29) is 11.6 Å². The average Bonchev–Trinajstić information content (AvgIpc) is 3.02. The Morgan fingerprint density at radius 1 is 0.738 bits per heavy atom. The summed E-state index contributed by atoms with van der Waals surface area (Å²) in [4.78, 5) is 2.56. The summed E-state index contributed by atoms with van der Waals surface area (Å²) in [5, 5.41) is 3.21. The third-order valence-corrected chi connectivity index (χ3v) is 6.98. The van der Waals surface area contributed by atoms with Crippen LogP contribution < -0.4 is 10.1 Å². The van der Waals surface area contributed by atoms with E-state index < -0.39 is 6.10 Å². The zero-order chi connectivity index (χ0) is 31.0. The van der Waals surface area contributed by atoms with Crippen molar-refractivity contribution in [2.45, 2.75) is 98.5 Å². The van der Waals surface area contributed by atoms with Crippen LogP contribution in [0.3, 0.4) is 0 Å². The number of nitrogens with zero attached hydrogens (tertiary/aromatic N) is 1. The summed E-state index contributed by atoms with van der Waals surface area (Å²) in [5.41, 5.74) is 3.09. The molecule has 1 N–H and O–H groups in total. The summed E-state index contributed by atoms with van der Waals surface area (Å²) in [6, 6.07) is 21.3. The summed E-state index contributed by atoms with van der Waals surface area (Å²) in [7, 11) is 1.95. The van der Waals surface area contributed by atoms with E-state index in [2.05, 4.69) is 55.3 Å². The van der Waals surface area contributed by atoms with Gasteiger partial charge in [0, 0.05) is 18.3 Å². The Bertz CT molecular complexity index is 1060. The van der Waals surface area contributed by atoms with Crippen LogP contribution in [-0.4, -0.2) is 31.6 Å². The van der Waals surface area contributed by atoms with Gasteiger partial charge in [-0.2, -0.15) is 0 Å². The van der Waals surface area contributed by atoms with E-state index in [0.29, 0.717) is 17.7 Å². The van der Waals surface area contributed by atoms with Crippen LogP contribution in [0.15, 0.2) is 72.8 Å². The number of halogens is 2. The summed E-state index contributed by atoms with van der Waals surface area (Å²) in [5.74, 6) is -0.0223. The molecule has 0 heterocycles. The maximum atomic E-state index is 14.5. The van der Waals surface area contributed by atoms with Gasteiger partial charge in [-0.05, 0) is 106 Å². The minimum atomic E-state index is -0.392. The molecule has 3 nitrogen and oxygen atoms in total. The van der Waals surface area contributed by atoms with Crippen LogP contribution in [0.2, 0.25) is 0 Å². The minimum Gasteiger partial charge on any atom is -0.486 e. The predicted octanol–water partition coefficient (Wildman–Crippen LogP) is 10.9. The lowest BCUT2D eigenvalue weighted by molar-refractivity contribution is 0.184. The van der Waals surface area contributed by atoms with Crippen molar-refractivity contribution >= 4 is 5.69 Å². The zero-order valence-corrected chi connectivity index (χ0v) is 27.1. The van der Waals surface area contributed by atoms with Gasteiger partial charge in [-0.3, -0.25) is 0 Å². The molecule has 0 fully saturated rings. The van der Waals surface area contributed by atoms with Crippen LogP contribution >= 0.6 is 0 Å². The zero-order valence-electron chi connectivity index (χ0n) is 27.1. The molecule has 0 aromatic heterocycles. The average molecular weight is 583 g/mol. The van der Waals surface area contributed by atoms with Crippen molar-refractivity contribution < 1.29 is 13.5 Å². The van der Waals surface area contributed by atoms with E-state index in [4.69, 9.17) is 4.74 Å². The SMILES string of the molecule is CC.CCCC.CCCN(CCCCCC(Oc1ccc(F)cc1)c1ccccc1F)CCCc1cccc(NC)c1. The normalized spacial score (nSPS) is 11.2. The van der Waals surface area contributed by atoms with Gasteiger partial charge in [0.2, 0.25) is 0 Å². The molecule has 0 aliphatic rings. The Kier molecular flexibility index (Phi) is 20.9. The lowest BCUT2D eigenvalue weighted by Gasteiger charge is -2.22. The molecule has 0 saturated heterocycles. The molecule has 3 aromatic rings. The van der Waals surface area contributed by atoms with Gasteiger partial charge in [0.25, 0.3) is 0 Å². The van der Waals surface area contributed by atoms with Crippen molar-refractivity contribution in [2.75, 3.05) is 32.0 Å². The molecular formula is C37H56F2N2O. The molecule has 234 valence electrons. The number of nitrogens with one attached hydrogen (secondary N) is 1. The van der Waals surface area contributed by atoms with Gasteiger partial charge in [0.1, 0.15) is 23.5 Å². The molecule has 0 spiro atoms. The largest absolute Gasteiger partial charge is 0.486 e. The Morgan fingerprint density at radius 3 is 2.07 bits per heavy atom. The highest BCUT2D eigenvalue weighted by Crippen LogP contribution is 2.29. The fraction of sp³-hybridized carbons (Fsp3) is 0.514. The topological polar surface area (TPSA) is 24.5 Å². The van der Waals surface area contributed by atoms with Crippen LogP contribution in [0.5, 0.6) is 5.75 Å². The van der Waals surface area contributed by atoms with Gasteiger partial charge in [-0.15, -0.1) is 0 Å². The summed E-state index contributed by atoms with van der Waals surface area (Å²) in [6.45, 7) is 13.9. The van der Waals surface area contributed by atoms with E-state index in [1.54, 1.807) is 24.3 Å². The highest BCUT2D eigenvalue weighted by molar-refractivity contribution is 5.45. The second-order valence-corrected chi connectivity index (χ2v) is 10.3. The fourth-order valence-corrected chi connectivity index (χ4v) is 4.57. The molecular weight excluding hydrogens is 526 g/mol. The Labute approximate surface area is 255 Å². The predicted molar refractivity (Wildman–Crippen MR) is 178 cm³/mol. The molecule has 5 heteroatoms. The minimum absolute atomic E-state index is 0.265. The van der Waals surface area contributed by atoms with Crippen LogP contribution in [0.1, 0.15) is 103 Å². The maximum absolute atomic E-state index is 14.5. The van der Waals surface area contributed by atoms with Gasteiger partial charge in [0.15, 0.2) is 0 Å². The third-order valence-electron chi connectivity index (χ3n) is 6.98. The molecule has 0 saturated carbocycles. The van der Waals surface area contributed by atoms with E-state index >= 15 is 0 Å². The van der Waals surface area contributed by atoms with E-state index in [1.165, 1.54) is 36.6 Å².